The highest BCUT2D eigenvalue weighted by Gasteiger charge is 2.21. The van der Waals surface area contributed by atoms with E-state index in [4.69, 9.17) is 0 Å². The zero-order valence-corrected chi connectivity index (χ0v) is 9.32. The molecule has 92 valence electrons. The van der Waals surface area contributed by atoms with Crippen LogP contribution in [0.3, 0.4) is 0 Å². The first-order valence-corrected chi connectivity index (χ1v) is 5.40. The average Bonchev–Trinajstić information content (AvgIpc) is 2.77. The number of carbonyl (C=O) groups is 1. The Morgan fingerprint density at radius 1 is 1.39 bits per heavy atom. The Morgan fingerprint density at radius 2 is 2.28 bits per heavy atom. The van der Waals surface area contributed by atoms with E-state index in [0.717, 1.165) is 13.1 Å². The molecule has 3 rings (SSSR count). The number of nitrogens with one attached hydrogen (secondary N) is 2. The predicted molar refractivity (Wildman–Crippen MR) is 59.7 cm³/mol. The van der Waals surface area contributed by atoms with E-state index in [-0.39, 0.29) is 17.7 Å². The molecule has 0 unspecified atom stereocenters. The molecule has 1 amide bonds. The van der Waals surface area contributed by atoms with Crippen LogP contribution in [0.25, 0.3) is 0 Å². The Balaban J connectivity index is 1.70. The fraction of sp³-hybridized carbons (Fsp3) is 0.333. The van der Waals surface area contributed by atoms with Crippen LogP contribution in [-0.4, -0.2) is 49.2 Å². The van der Waals surface area contributed by atoms with E-state index < -0.39 is 5.91 Å². The third-order valence-electron chi connectivity index (χ3n) is 2.58. The molecule has 18 heavy (non-hydrogen) atoms. The van der Waals surface area contributed by atoms with Crippen LogP contribution < -0.4 is 10.6 Å². The zero-order chi connectivity index (χ0) is 12.4. The summed E-state index contributed by atoms with van der Waals surface area (Å²) in [7, 11) is 0. The Hall–Kier alpha value is -2.42. The van der Waals surface area contributed by atoms with Gasteiger partial charge in [-0.05, 0) is 0 Å². The third-order valence-corrected chi connectivity index (χ3v) is 2.58. The van der Waals surface area contributed by atoms with Gasteiger partial charge in [0, 0.05) is 13.1 Å². The smallest absolute Gasteiger partial charge is 0.280 e. The van der Waals surface area contributed by atoms with Crippen molar-refractivity contribution in [2.75, 3.05) is 18.4 Å². The van der Waals surface area contributed by atoms with Crippen LogP contribution in [0.15, 0.2) is 18.6 Å². The molecule has 0 bridgehead atoms. The van der Waals surface area contributed by atoms with Crippen molar-refractivity contribution in [3.63, 3.8) is 0 Å². The molecule has 0 aromatic carbocycles. The van der Waals surface area contributed by atoms with Crippen molar-refractivity contribution in [3.8, 4) is 0 Å². The van der Waals surface area contributed by atoms with Gasteiger partial charge in [0.05, 0.1) is 24.6 Å². The molecule has 0 radical (unpaired) electrons. The highest BCUT2D eigenvalue weighted by atomic mass is 16.2. The minimum atomic E-state index is -0.401. The maximum atomic E-state index is 11.8. The number of nitrogens with zero attached hydrogens (tertiary/aromatic N) is 6. The molecule has 0 aliphatic carbocycles. The summed E-state index contributed by atoms with van der Waals surface area (Å²) in [5.41, 5.74) is 0.231. The second kappa shape index (κ2) is 4.45. The first-order chi connectivity index (χ1) is 8.83. The molecular weight excluding hydrogens is 236 g/mol. The van der Waals surface area contributed by atoms with Crippen LogP contribution in [0.5, 0.6) is 0 Å². The molecule has 2 N–H and O–H groups in total. The number of hydrogen-bond donors (Lipinski definition) is 2. The van der Waals surface area contributed by atoms with Gasteiger partial charge < -0.3 is 5.32 Å². The first-order valence-electron chi connectivity index (χ1n) is 5.40. The Morgan fingerprint density at radius 3 is 2.94 bits per heavy atom. The van der Waals surface area contributed by atoms with E-state index in [0.29, 0.717) is 0 Å². The maximum absolute atomic E-state index is 11.8. The van der Waals surface area contributed by atoms with E-state index in [1.54, 1.807) is 10.9 Å². The lowest BCUT2D eigenvalue weighted by Crippen LogP contribution is -2.43. The Labute approximate surface area is 102 Å². The summed E-state index contributed by atoms with van der Waals surface area (Å²) >= 11 is 0. The lowest BCUT2D eigenvalue weighted by Gasteiger charge is -2.26. The van der Waals surface area contributed by atoms with Crippen molar-refractivity contribution in [1.82, 2.24) is 35.5 Å². The SMILES string of the molecule is O=C(Nc1nccnn1)c1cn(C2CNC2)nn1. The van der Waals surface area contributed by atoms with Crippen molar-refractivity contribution in [3.05, 3.63) is 24.3 Å². The third kappa shape index (κ3) is 2.02. The second-order valence-electron chi connectivity index (χ2n) is 3.82. The standard InChI is InChI=1S/C9H10N8O/c18-8(13-9-11-1-2-12-15-9)7-5-17(16-14-7)6-3-10-4-6/h1-2,5-6,10H,3-4H2,(H,11,13,15,18). The van der Waals surface area contributed by atoms with E-state index in [9.17, 15) is 4.79 Å². The van der Waals surface area contributed by atoms with Gasteiger partial charge in [0.15, 0.2) is 5.69 Å². The molecule has 2 aromatic heterocycles. The minimum absolute atomic E-state index is 0.141. The number of aromatic nitrogens is 6. The lowest BCUT2D eigenvalue weighted by molar-refractivity contribution is 0.102. The minimum Gasteiger partial charge on any atom is -0.312 e. The summed E-state index contributed by atoms with van der Waals surface area (Å²) in [6.07, 6.45) is 4.48. The fourth-order valence-electron chi connectivity index (χ4n) is 1.49. The van der Waals surface area contributed by atoms with Crippen LogP contribution in [0, 0.1) is 0 Å². The summed E-state index contributed by atoms with van der Waals surface area (Å²) < 4.78 is 1.68. The van der Waals surface area contributed by atoms with Crippen molar-refractivity contribution in [2.24, 2.45) is 0 Å². The van der Waals surface area contributed by atoms with E-state index in [1.165, 1.54) is 12.4 Å². The Kier molecular flexibility index (Phi) is 2.65. The molecule has 9 nitrogen and oxygen atoms in total. The van der Waals surface area contributed by atoms with E-state index in [1.807, 2.05) is 0 Å². The van der Waals surface area contributed by atoms with Gasteiger partial charge in [0.1, 0.15) is 0 Å². The van der Waals surface area contributed by atoms with Gasteiger partial charge in [0.25, 0.3) is 5.91 Å². The van der Waals surface area contributed by atoms with E-state index in [2.05, 4.69) is 36.1 Å². The fourth-order valence-corrected chi connectivity index (χ4v) is 1.49. The lowest BCUT2D eigenvalue weighted by atomic mass is 10.2. The van der Waals surface area contributed by atoms with Gasteiger partial charge in [-0.25, -0.2) is 9.67 Å². The van der Waals surface area contributed by atoms with Crippen molar-refractivity contribution in [2.45, 2.75) is 6.04 Å². The van der Waals surface area contributed by atoms with Crippen LogP contribution in [0.2, 0.25) is 0 Å². The van der Waals surface area contributed by atoms with E-state index >= 15 is 0 Å². The van der Waals surface area contributed by atoms with Crippen LogP contribution in [-0.2, 0) is 0 Å². The molecule has 2 aromatic rings. The van der Waals surface area contributed by atoms with Gasteiger partial charge in [-0.2, -0.15) is 5.10 Å². The molecule has 0 saturated carbocycles. The Bertz CT molecular complexity index is 549. The summed E-state index contributed by atoms with van der Waals surface area (Å²) in [6, 6.07) is 0.272. The largest absolute Gasteiger partial charge is 0.312 e. The molecule has 0 atom stereocenters. The summed E-state index contributed by atoms with van der Waals surface area (Å²) in [5, 5.41) is 20.6. The average molecular weight is 246 g/mol. The predicted octanol–water partition coefficient (Wildman–Crippen LogP) is -1.14. The molecular formula is C9H10N8O. The first kappa shape index (κ1) is 10.7. The molecule has 3 heterocycles. The maximum Gasteiger partial charge on any atom is 0.280 e. The quantitative estimate of drug-likeness (QED) is 0.704. The van der Waals surface area contributed by atoms with Crippen LogP contribution in [0.1, 0.15) is 16.5 Å². The number of carbonyl (C=O) groups excluding carboxylic acids is 1. The van der Waals surface area contributed by atoms with Crippen LogP contribution >= 0.6 is 0 Å². The summed E-state index contributed by atoms with van der Waals surface area (Å²) in [4.78, 5) is 15.6. The van der Waals surface area contributed by atoms with Crippen molar-refractivity contribution in [1.29, 1.82) is 0 Å². The van der Waals surface area contributed by atoms with Gasteiger partial charge in [-0.3, -0.25) is 10.1 Å². The highest BCUT2D eigenvalue weighted by molar-refractivity contribution is 6.01. The molecule has 1 aliphatic heterocycles. The van der Waals surface area contributed by atoms with Gasteiger partial charge >= 0.3 is 0 Å². The monoisotopic (exact) mass is 246 g/mol. The number of rotatable bonds is 3. The normalized spacial score (nSPS) is 15.1. The highest BCUT2D eigenvalue weighted by Crippen LogP contribution is 2.10. The van der Waals surface area contributed by atoms with Gasteiger partial charge in [-0.1, -0.05) is 5.21 Å². The van der Waals surface area contributed by atoms with Crippen molar-refractivity contribution >= 4 is 11.9 Å². The van der Waals surface area contributed by atoms with Crippen LogP contribution in [0.4, 0.5) is 5.95 Å². The zero-order valence-electron chi connectivity index (χ0n) is 9.32. The topological polar surface area (TPSA) is 111 Å². The number of anilines is 1. The summed E-state index contributed by atoms with van der Waals surface area (Å²) in [5.74, 6) is -0.260. The summed E-state index contributed by atoms with van der Waals surface area (Å²) in [6.45, 7) is 1.69. The number of amides is 1. The molecule has 1 saturated heterocycles. The molecule has 1 aliphatic rings. The molecule has 1 fully saturated rings. The molecule has 0 spiro atoms. The molecule has 9 heteroatoms. The van der Waals surface area contributed by atoms with Gasteiger partial charge in [-0.15, -0.1) is 10.2 Å². The van der Waals surface area contributed by atoms with Crippen molar-refractivity contribution < 1.29 is 4.79 Å². The van der Waals surface area contributed by atoms with Gasteiger partial charge in [0.2, 0.25) is 5.95 Å². The number of hydrogen-bond acceptors (Lipinski definition) is 7. The second-order valence-corrected chi connectivity index (χ2v) is 3.82.